The molecule has 1 aliphatic rings. The van der Waals surface area contributed by atoms with Crippen molar-refractivity contribution in [2.45, 2.75) is 11.3 Å². The predicted molar refractivity (Wildman–Crippen MR) is 113 cm³/mol. The van der Waals surface area contributed by atoms with Crippen LogP contribution in [-0.4, -0.2) is 45.8 Å². The molecule has 0 spiro atoms. The molecule has 0 aromatic heterocycles. The van der Waals surface area contributed by atoms with Crippen LogP contribution in [-0.2, 0) is 16.3 Å². The van der Waals surface area contributed by atoms with Crippen LogP contribution in [0.3, 0.4) is 0 Å². The number of nitrogens with zero attached hydrogens (tertiary/aromatic N) is 1. The summed E-state index contributed by atoms with van der Waals surface area (Å²) in [5, 5.41) is 4.63. The van der Waals surface area contributed by atoms with Gasteiger partial charge >= 0.3 is 0 Å². The Morgan fingerprint density at radius 3 is 2.46 bits per heavy atom. The molecular formula is C20H22Cl2N2O3S. The zero-order valence-electron chi connectivity index (χ0n) is 15.5. The van der Waals surface area contributed by atoms with Gasteiger partial charge in [0.15, 0.2) is 9.84 Å². The minimum absolute atomic E-state index is 0.274. The molecule has 0 aliphatic carbocycles. The second kappa shape index (κ2) is 9.18. The van der Waals surface area contributed by atoms with Gasteiger partial charge < -0.3 is 10.1 Å². The number of sulfone groups is 1. The largest absolute Gasteiger partial charge is 0.463 e. The van der Waals surface area contributed by atoms with Crippen LogP contribution in [0.15, 0.2) is 59.3 Å². The standard InChI is InChI=1S/C20H22Cl2N2O3S/c1-28(25,26)20-4-2-19(3-5-20)27-14-18-13-24(9-7-23-18)8-6-15-10-16(21)12-17(22)11-15/h2-5,10-12,14,23H,6-9,13H2,1H3/b18-14-. The monoisotopic (exact) mass is 440 g/mol. The van der Waals surface area contributed by atoms with Crippen LogP contribution in [0.4, 0.5) is 0 Å². The average Bonchev–Trinajstić information content (AvgIpc) is 2.64. The van der Waals surface area contributed by atoms with Crippen LogP contribution in [0.1, 0.15) is 5.56 Å². The summed E-state index contributed by atoms with van der Waals surface area (Å²) in [5.74, 6) is 0.590. The Balaban J connectivity index is 1.55. The summed E-state index contributed by atoms with van der Waals surface area (Å²) in [6.45, 7) is 3.40. The summed E-state index contributed by atoms with van der Waals surface area (Å²) in [6.07, 6.45) is 3.72. The van der Waals surface area contributed by atoms with Crippen LogP contribution in [0.2, 0.25) is 10.0 Å². The summed E-state index contributed by atoms with van der Waals surface area (Å²) in [4.78, 5) is 2.60. The van der Waals surface area contributed by atoms with Crippen molar-refractivity contribution in [3.63, 3.8) is 0 Å². The fourth-order valence-electron chi connectivity index (χ4n) is 2.97. The highest BCUT2D eigenvalue weighted by molar-refractivity contribution is 7.90. The van der Waals surface area contributed by atoms with E-state index in [1.54, 1.807) is 36.6 Å². The summed E-state index contributed by atoms with van der Waals surface area (Å²) < 4.78 is 28.7. The van der Waals surface area contributed by atoms with Crippen molar-refractivity contribution >= 4 is 33.0 Å². The molecule has 0 radical (unpaired) electrons. The van der Waals surface area contributed by atoms with E-state index in [0.29, 0.717) is 15.8 Å². The maximum Gasteiger partial charge on any atom is 0.175 e. The molecule has 0 bridgehead atoms. The molecule has 2 aromatic rings. The third-order valence-corrected chi connectivity index (χ3v) is 5.97. The average molecular weight is 441 g/mol. The van der Waals surface area contributed by atoms with Gasteiger partial charge in [-0.3, -0.25) is 4.90 Å². The van der Waals surface area contributed by atoms with Crippen LogP contribution < -0.4 is 10.1 Å². The second-order valence-corrected chi connectivity index (χ2v) is 9.62. The van der Waals surface area contributed by atoms with Crippen molar-refractivity contribution in [1.82, 2.24) is 10.2 Å². The fourth-order valence-corrected chi connectivity index (χ4v) is 4.17. The second-order valence-electron chi connectivity index (χ2n) is 6.74. The number of rotatable bonds is 6. The fraction of sp³-hybridized carbons (Fsp3) is 0.300. The van der Waals surface area contributed by atoms with E-state index in [1.165, 1.54) is 6.26 Å². The third kappa shape index (κ3) is 6.14. The van der Waals surface area contributed by atoms with Crippen molar-refractivity contribution < 1.29 is 13.2 Å². The number of nitrogens with one attached hydrogen (secondary N) is 1. The van der Waals surface area contributed by atoms with E-state index in [1.807, 2.05) is 12.1 Å². The van der Waals surface area contributed by atoms with Crippen molar-refractivity contribution in [3.8, 4) is 5.75 Å². The maximum atomic E-state index is 11.5. The molecule has 2 aromatic carbocycles. The lowest BCUT2D eigenvalue weighted by Gasteiger charge is -2.29. The van der Waals surface area contributed by atoms with Gasteiger partial charge in [0.05, 0.1) is 10.6 Å². The van der Waals surface area contributed by atoms with E-state index in [-0.39, 0.29) is 4.90 Å². The maximum absolute atomic E-state index is 11.5. The minimum Gasteiger partial charge on any atom is -0.463 e. The van der Waals surface area contributed by atoms with Crippen LogP contribution in [0, 0.1) is 0 Å². The van der Waals surface area contributed by atoms with Gasteiger partial charge in [0.2, 0.25) is 0 Å². The summed E-state index contributed by atoms with van der Waals surface area (Å²) in [5.41, 5.74) is 2.09. The van der Waals surface area contributed by atoms with Crippen molar-refractivity contribution in [2.24, 2.45) is 0 Å². The zero-order valence-corrected chi connectivity index (χ0v) is 17.8. The van der Waals surface area contributed by atoms with Crippen molar-refractivity contribution in [2.75, 3.05) is 32.4 Å². The third-order valence-electron chi connectivity index (χ3n) is 4.40. The van der Waals surface area contributed by atoms with Crippen molar-refractivity contribution in [3.05, 3.63) is 70.0 Å². The molecule has 1 saturated heterocycles. The van der Waals surface area contributed by atoms with Gasteiger partial charge in [0.1, 0.15) is 12.0 Å². The first kappa shape index (κ1) is 21.0. The molecule has 0 atom stereocenters. The highest BCUT2D eigenvalue weighted by Gasteiger charge is 2.14. The number of ether oxygens (including phenoxy) is 1. The molecule has 3 rings (SSSR count). The van der Waals surface area contributed by atoms with E-state index in [2.05, 4.69) is 10.2 Å². The number of hydrogen-bond acceptors (Lipinski definition) is 5. The number of hydrogen-bond donors (Lipinski definition) is 1. The predicted octanol–water partition coefficient (Wildman–Crippen LogP) is 3.77. The normalized spacial score (nSPS) is 16.8. The van der Waals surface area contributed by atoms with E-state index in [4.69, 9.17) is 27.9 Å². The number of piperazine rings is 1. The Kier molecular flexibility index (Phi) is 6.88. The first-order valence-corrected chi connectivity index (χ1v) is 11.5. The van der Waals surface area contributed by atoms with Gasteiger partial charge in [-0.05, 0) is 54.4 Å². The Labute approximate surface area is 175 Å². The highest BCUT2D eigenvalue weighted by atomic mass is 35.5. The Morgan fingerprint density at radius 2 is 1.82 bits per heavy atom. The molecule has 1 fully saturated rings. The van der Waals surface area contributed by atoms with E-state index < -0.39 is 9.84 Å². The SMILES string of the molecule is CS(=O)(=O)c1ccc(O/C=C2/CN(CCc3cc(Cl)cc(Cl)c3)CCN2)cc1. The summed E-state index contributed by atoms with van der Waals surface area (Å²) in [7, 11) is -3.20. The van der Waals surface area contributed by atoms with Gasteiger partial charge in [-0.1, -0.05) is 23.2 Å². The molecule has 8 heteroatoms. The molecule has 5 nitrogen and oxygen atoms in total. The van der Waals surface area contributed by atoms with Crippen molar-refractivity contribution in [1.29, 1.82) is 0 Å². The summed E-state index contributed by atoms with van der Waals surface area (Å²) in [6, 6.07) is 12.0. The van der Waals surface area contributed by atoms with E-state index in [0.717, 1.165) is 43.9 Å². The van der Waals surface area contributed by atoms with Crippen LogP contribution in [0.5, 0.6) is 5.75 Å². The van der Waals surface area contributed by atoms with Gasteiger partial charge in [-0.15, -0.1) is 0 Å². The lowest BCUT2D eigenvalue weighted by atomic mass is 10.1. The highest BCUT2D eigenvalue weighted by Crippen LogP contribution is 2.20. The molecule has 1 heterocycles. The first-order chi connectivity index (χ1) is 13.3. The van der Waals surface area contributed by atoms with Gasteiger partial charge in [0.25, 0.3) is 0 Å². The van der Waals surface area contributed by atoms with Crippen LogP contribution in [0.25, 0.3) is 0 Å². The molecular weight excluding hydrogens is 419 g/mol. The zero-order chi connectivity index (χ0) is 20.1. The molecule has 0 amide bonds. The lowest BCUT2D eigenvalue weighted by Crippen LogP contribution is -2.43. The smallest absolute Gasteiger partial charge is 0.175 e. The molecule has 28 heavy (non-hydrogen) atoms. The summed E-state index contributed by atoms with van der Waals surface area (Å²) >= 11 is 12.1. The lowest BCUT2D eigenvalue weighted by molar-refractivity contribution is 0.265. The van der Waals surface area contributed by atoms with E-state index >= 15 is 0 Å². The number of halogens is 2. The topological polar surface area (TPSA) is 58.6 Å². The van der Waals surface area contributed by atoms with Crippen LogP contribution >= 0.6 is 23.2 Å². The molecule has 1 aliphatic heterocycles. The quantitative estimate of drug-likeness (QED) is 0.692. The molecule has 1 N–H and O–H groups in total. The minimum atomic E-state index is -3.20. The van der Waals surface area contributed by atoms with E-state index in [9.17, 15) is 8.42 Å². The Morgan fingerprint density at radius 1 is 1.14 bits per heavy atom. The molecule has 0 unspecified atom stereocenters. The Bertz CT molecular complexity index is 940. The Hall–Kier alpha value is -1.73. The number of benzene rings is 2. The molecule has 150 valence electrons. The van der Waals surface area contributed by atoms with Gasteiger partial charge in [-0.25, -0.2) is 8.42 Å². The molecule has 0 saturated carbocycles. The first-order valence-electron chi connectivity index (χ1n) is 8.86. The van der Waals surface area contributed by atoms with Gasteiger partial charge in [-0.2, -0.15) is 0 Å². The van der Waals surface area contributed by atoms with Gasteiger partial charge in [0, 0.05) is 42.5 Å².